The predicted octanol–water partition coefficient (Wildman–Crippen LogP) is 10.2. The van der Waals surface area contributed by atoms with Gasteiger partial charge < -0.3 is 4.57 Å². The SMILES string of the molecule is CC(C)(C)c1ccc(-n2c3ccccc3c3ccc(-c4ccccc4-c4ccc([Si](c5ccccc5)(c5ccccc5)c5ccccc5)cn4)cc32)cc1. The minimum atomic E-state index is -2.67. The van der Waals surface area contributed by atoms with Crippen molar-refractivity contribution in [2.24, 2.45) is 0 Å². The summed E-state index contributed by atoms with van der Waals surface area (Å²) in [5.41, 5.74) is 9.41. The van der Waals surface area contributed by atoms with Crippen LogP contribution in [0.15, 0.2) is 200 Å². The highest BCUT2D eigenvalue weighted by atomic mass is 28.3. The molecule has 0 radical (unpaired) electrons. The molecule has 3 heteroatoms. The maximum absolute atomic E-state index is 5.30. The van der Waals surface area contributed by atoms with E-state index in [4.69, 9.17) is 4.98 Å². The van der Waals surface area contributed by atoms with E-state index in [1.165, 1.54) is 59.4 Å². The highest BCUT2D eigenvalue weighted by molar-refractivity contribution is 7.19. The van der Waals surface area contributed by atoms with E-state index in [1.54, 1.807) is 0 Å². The van der Waals surface area contributed by atoms with Crippen LogP contribution in [0.2, 0.25) is 0 Å². The van der Waals surface area contributed by atoms with Gasteiger partial charge >= 0.3 is 0 Å². The van der Waals surface area contributed by atoms with E-state index in [0.29, 0.717) is 0 Å². The van der Waals surface area contributed by atoms with Crippen LogP contribution >= 0.6 is 0 Å². The Hall–Kier alpha value is -6.29. The fourth-order valence-corrected chi connectivity index (χ4v) is 13.0. The van der Waals surface area contributed by atoms with Crippen molar-refractivity contribution >= 4 is 50.6 Å². The molecule has 0 aliphatic heterocycles. The van der Waals surface area contributed by atoms with Gasteiger partial charge in [-0.15, -0.1) is 0 Å². The Morgan fingerprint density at radius 3 is 1.56 bits per heavy atom. The van der Waals surface area contributed by atoms with Crippen molar-refractivity contribution in [2.45, 2.75) is 26.2 Å². The van der Waals surface area contributed by atoms with Gasteiger partial charge in [0, 0.05) is 28.2 Å². The van der Waals surface area contributed by atoms with E-state index in [2.05, 4.69) is 226 Å². The summed E-state index contributed by atoms with van der Waals surface area (Å²) < 4.78 is 2.41. The zero-order valence-corrected chi connectivity index (χ0v) is 31.9. The van der Waals surface area contributed by atoms with Crippen LogP contribution in [0.1, 0.15) is 26.3 Å². The van der Waals surface area contributed by atoms with Crippen molar-refractivity contribution in [2.75, 3.05) is 0 Å². The summed E-state index contributed by atoms with van der Waals surface area (Å²) in [5.74, 6) is 0. The molecule has 54 heavy (non-hydrogen) atoms. The van der Waals surface area contributed by atoms with Crippen molar-refractivity contribution in [3.8, 4) is 28.1 Å². The second kappa shape index (κ2) is 13.6. The van der Waals surface area contributed by atoms with Gasteiger partial charge in [0.2, 0.25) is 0 Å². The largest absolute Gasteiger partial charge is 0.309 e. The summed E-state index contributed by atoms with van der Waals surface area (Å²) in [6, 6.07) is 71.1. The van der Waals surface area contributed by atoms with Gasteiger partial charge in [-0.25, -0.2) is 0 Å². The zero-order valence-electron chi connectivity index (χ0n) is 30.9. The van der Waals surface area contributed by atoms with Crippen LogP contribution in [0.25, 0.3) is 49.9 Å². The van der Waals surface area contributed by atoms with Crippen LogP contribution < -0.4 is 20.7 Å². The number of fused-ring (bicyclic) bond motifs is 3. The molecule has 7 aromatic carbocycles. The molecule has 0 saturated carbocycles. The van der Waals surface area contributed by atoms with Crippen LogP contribution in [-0.2, 0) is 5.41 Å². The van der Waals surface area contributed by atoms with Gasteiger partial charge in [0.25, 0.3) is 0 Å². The van der Waals surface area contributed by atoms with Crippen molar-refractivity contribution in [1.29, 1.82) is 0 Å². The topological polar surface area (TPSA) is 17.8 Å². The Morgan fingerprint density at radius 1 is 0.444 bits per heavy atom. The van der Waals surface area contributed by atoms with Crippen molar-refractivity contribution < 1.29 is 0 Å². The molecule has 0 aliphatic rings. The van der Waals surface area contributed by atoms with Crippen LogP contribution in [0, 0.1) is 0 Å². The monoisotopic (exact) mass is 710 g/mol. The predicted molar refractivity (Wildman–Crippen MR) is 232 cm³/mol. The zero-order chi connectivity index (χ0) is 36.7. The molecule has 260 valence electrons. The molecule has 0 saturated heterocycles. The lowest BCUT2D eigenvalue weighted by Crippen LogP contribution is -2.74. The molecule has 0 unspecified atom stereocenters. The standard InChI is InChI=1S/C51H42N2Si/c1-51(2,3)38-28-30-39(31-29-38)53-49-26-16-15-25-46(49)47-33-27-37(35-50(47)53)44-23-13-14-24-45(44)48-34-32-43(36-52-48)54(40-17-7-4-8-18-40,41-19-9-5-10-20-41)42-21-11-6-12-22-42/h4-36H,1-3H3. The molecule has 0 fully saturated rings. The summed E-state index contributed by atoms with van der Waals surface area (Å²) in [6.07, 6.45) is 2.15. The lowest BCUT2D eigenvalue weighted by molar-refractivity contribution is 0.590. The molecule has 2 aromatic heterocycles. The Balaban J connectivity index is 1.18. The Kier molecular flexibility index (Phi) is 8.45. The normalized spacial score (nSPS) is 12.0. The van der Waals surface area contributed by atoms with E-state index in [1.807, 2.05) is 0 Å². The minimum Gasteiger partial charge on any atom is -0.309 e. The van der Waals surface area contributed by atoms with Gasteiger partial charge in [-0.1, -0.05) is 185 Å². The lowest BCUT2D eigenvalue weighted by atomic mass is 9.87. The van der Waals surface area contributed by atoms with Gasteiger partial charge in [-0.2, -0.15) is 0 Å². The number of pyridine rings is 1. The first-order chi connectivity index (χ1) is 26.4. The van der Waals surface area contributed by atoms with E-state index in [-0.39, 0.29) is 5.41 Å². The molecule has 9 aromatic rings. The molecule has 2 nitrogen and oxygen atoms in total. The second-order valence-corrected chi connectivity index (χ2v) is 19.0. The van der Waals surface area contributed by atoms with E-state index >= 15 is 0 Å². The molecule has 2 heterocycles. The third kappa shape index (κ3) is 5.69. The Morgan fingerprint density at radius 2 is 0.981 bits per heavy atom. The molecule has 0 bridgehead atoms. The number of para-hydroxylation sites is 1. The quantitative estimate of drug-likeness (QED) is 0.119. The van der Waals surface area contributed by atoms with Gasteiger partial charge in [-0.05, 0) is 73.2 Å². The van der Waals surface area contributed by atoms with Crippen molar-refractivity contribution in [3.63, 3.8) is 0 Å². The molecule has 0 atom stereocenters. The highest BCUT2D eigenvalue weighted by Gasteiger charge is 2.41. The maximum Gasteiger partial charge on any atom is 0.181 e. The summed E-state index contributed by atoms with van der Waals surface area (Å²) in [6.45, 7) is 6.80. The fourth-order valence-electron chi connectivity index (χ4n) is 8.32. The van der Waals surface area contributed by atoms with E-state index in [9.17, 15) is 0 Å². The average molecular weight is 711 g/mol. The maximum atomic E-state index is 5.30. The van der Waals surface area contributed by atoms with Gasteiger partial charge in [-0.3, -0.25) is 4.98 Å². The fraction of sp³-hybridized carbons (Fsp3) is 0.0784. The number of aromatic nitrogens is 2. The molecule has 0 amide bonds. The smallest absolute Gasteiger partial charge is 0.181 e. The van der Waals surface area contributed by atoms with Crippen LogP contribution in [0.5, 0.6) is 0 Å². The number of nitrogens with zero attached hydrogens (tertiary/aromatic N) is 2. The molecule has 0 aliphatic carbocycles. The van der Waals surface area contributed by atoms with Crippen LogP contribution in [0.4, 0.5) is 0 Å². The van der Waals surface area contributed by atoms with Gasteiger partial charge in [0.05, 0.1) is 16.7 Å². The Bertz CT molecular complexity index is 2610. The number of benzene rings is 7. The number of hydrogen-bond acceptors (Lipinski definition) is 1. The number of hydrogen-bond donors (Lipinski definition) is 0. The number of rotatable bonds is 7. The summed E-state index contributed by atoms with van der Waals surface area (Å²) >= 11 is 0. The van der Waals surface area contributed by atoms with Gasteiger partial charge in [0.15, 0.2) is 8.07 Å². The lowest BCUT2D eigenvalue weighted by Gasteiger charge is -2.34. The molecular weight excluding hydrogens is 669 g/mol. The first-order valence-electron chi connectivity index (χ1n) is 18.8. The molecule has 0 N–H and O–H groups in total. The first-order valence-corrected chi connectivity index (χ1v) is 20.8. The average Bonchev–Trinajstić information content (AvgIpc) is 3.56. The third-order valence-electron chi connectivity index (χ3n) is 11.0. The van der Waals surface area contributed by atoms with Crippen LogP contribution in [0.3, 0.4) is 0 Å². The third-order valence-corrected chi connectivity index (χ3v) is 15.8. The summed E-state index contributed by atoms with van der Waals surface area (Å²) in [5, 5.41) is 7.79. The van der Waals surface area contributed by atoms with Crippen molar-refractivity contribution in [3.05, 3.63) is 206 Å². The minimum absolute atomic E-state index is 0.0940. The molecular formula is C51H42N2Si. The van der Waals surface area contributed by atoms with Crippen molar-refractivity contribution in [1.82, 2.24) is 9.55 Å². The second-order valence-electron chi connectivity index (χ2n) is 15.2. The summed E-state index contributed by atoms with van der Waals surface area (Å²) in [7, 11) is -2.67. The molecule has 0 spiro atoms. The summed E-state index contributed by atoms with van der Waals surface area (Å²) in [4.78, 5) is 5.30. The Labute approximate surface area is 319 Å². The van der Waals surface area contributed by atoms with Crippen LogP contribution in [-0.4, -0.2) is 17.6 Å². The highest BCUT2D eigenvalue weighted by Crippen LogP contribution is 2.38. The first kappa shape index (κ1) is 33.5. The van der Waals surface area contributed by atoms with E-state index in [0.717, 1.165) is 16.8 Å². The van der Waals surface area contributed by atoms with E-state index < -0.39 is 8.07 Å². The molecule has 9 rings (SSSR count). The van der Waals surface area contributed by atoms with Gasteiger partial charge in [0.1, 0.15) is 0 Å².